The first-order valence-electron chi connectivity index (χ1n) is 6.55. The number of aromatic amines is 1. The Morgan fingerprint density at radius 2 is 2.38 bits per heavy atom. The van der Waals surface area contributed by atoms with Crippen LogP contribution in [0.5, 0.6) is 0 Å². The summed E-state index contributed by atoms with van der Waals surface area (Å²) in [6, 6.07) is 3.49. The van der Waals surface area contributed by atoms with Crippen molar-refractivity contribution in [3.05, 3.63) is 53.5 Å². The van der Waals surface area contributed by atoms with E-state index in [1.54, 1.807) is 30.7 Å². The second-order valence-corrected chi connectivity index (χ2v) is 4.80. The van der Waals surface area contributed by atoms with Crippen LogP contribution in [0.4, 0.5) is 4.39 Å². The van der Waals surface area contributed by atoms with Gasteiger partial charge in [0.05, 0.1) is 6.20 Å². The van der Waals surface area contributed by atoms with Crippen molar-refractivity contribution in [2.45, 2.75) is 13.3 Å². The lowest BCUT2D eigenvalue weighted by atomic mass is 10.2. The van der Waals surface area contributed by atoms with Crippen molar-refractivity contribution in [3.8, 4) is 0 Å². The maximum absolute atomic E-state index is 14.1. The van der Waals surface area contributed by atoms with Gasteiger partial charge in [0.15, 0.2) is 5.69 Å². The van der Waals surface area contributed by atoms with Crippen molar-refractivity contribution in [2.24, 2.45) is 0 Å². The van der Waals surface area contributed by atoms with E-state index >= 15 is 0 Å². The average Bonchev–Trinajstić information content (AvgIpc) is 3.07. The molecule has 0 saturated carbocycles. The lowest BCUT2D eigenvalue weighted by Gasteiger charge is -2.01. The van der Waals surface area contributed by atoms with Gasteiger partial charge in [-0.25, -0.2) is 4.98 Å². The Balaban J connectivity index is 1.73. The molecule has 0 aliphatic rings. The third-order valence-corrected chi connectivity index (χ3v) is 3.19. The Morgan fingerprint density at radius 3 is 3.14 bits per heavy atom. The molecule has 0 saturated heterocycles. The Kier molecular flexibility index (Phi) is 3.39. The van der Waals surface area contributed by atoms with Crippen molar-refractivity contribution in [1.82, 2.24) is 24.9 Å². The van der Waals surface area contributed by atoms with E-state index in [2.05, 4.69) is 20.5 Å². The number of amides is 1. The average molecular weight is 287 g/mol. The van der Waals surface area contributed by atoms with E-state index in [0.29, 0.717) is 18.6 Å². The van der Waals surface area contributed by atoms with Crippen molar-refractivity contribution < 1.29 is 9.18 Å². The van der Waals surface area contributed by atoms with Crippen LogP contribution in [-0.2, 0) is 6.42 Å². The first-order valence-corrected chi connectivity index (χ1v) is 6.55. The summed E-state index contributed by atoms with van der Waals surface area (Å²) in [7, 11) is 0. The number of aromatic nitrogens is 4. The first kappa shape index (κ1) is 13.3. The minimum atomic E-state index is -0.647. The van der Waals surface area contributed by atoms with Gasteiger partial charge in [0.2, 0.25) is 5.95 Å². The van der Waals surface area contributed by atoms with Crippen LogP contribution in [-0.4, -0.2) is 32.0 Å². The van der Waals surface area contributed by atoms with Crippen LogP contribution in [0.2, 0.25) is 0 Å². The summed E-state index contributed by atoms with van der Waals surface area (Å²) in [5.41, 5.74) is 2.17. The molecule has 3 aromatic heterocycles. The highest BCUT2D eigenvalue weighted by Crippen LogP contribution is 2.12. The molecule has 1 amide bonds. The lowest BCUT2D eigenvalue weighted by Crippen LogP contribution is -2.26. The molecule has 0 unspecified atom stereocenters. The van der Waals surface area contributed by atoms with Crippen molar-refractivity contribution in [2.75, 3.05) is 6.54 Å². The molecule has 3 heterocycles. The van der Waals surface area contributed by atoms with Gasteiger partial charge in [-0.05, 0) is 36.6 Å². The molecule has 0 aromatic carbocycles. The normalized spacial score (nSPS) is 11.0. The van der Waals surface area contributed by atoms with E-state index in [-0.39, 0.29) is 5.69 Å². The summed E-state index contributed by atoms with van der Waals surface area (Å²) in [5, 5.41) is 9.17. The molecule has 0 bridgehead atoms. The van der Waals surface area contributed by atoms with Gasteiger partial charge in [-0.2, -0.15) is 9.49 Å². The molecule has 7 heteroatoms. The topological polar surface area (TPSA) is 75.1 Å². The molecule has 21 heavy (non-hydrogen) atoms. The van der Waals surface area contributed by atoms with Gasteiger partial charge in [-0.15, -0.1) is 0 Å². The first-order chi connectivity index (χ1) is 10.1. The monoisotopic (exact) mass is 287 g/mol. The van der Waals surface area contributed by atoms with Crippen LogP contribution in [0, 0.1) is 12.9 Å². The van der Waals surface area contributed by atoms with Gasteiger partial charge < -0.3 is 5.32 Å². The molecule has 6 nitrogen and oxygen atoms in total. The molecule has 3 rings (SSSR count). The number of imidazole rings is 1. The highest BCUT2D eigenvalue weighted by molar-refractivity contribution is 5.93. The standard InChI is InChI=1S/C14H14FN5O/c1-9-3-5-20-11(6-9)19-12(13(20)15)14(21)16-4-2-10-7-17-18-8-10/h3,5-8H,2,4H2,1H3,(H,16,21)(H,17,18). The largest absolute Gasteiger partial charge is 0.350 e. The molecular formula is C14H14FN5O. The second-order valence-electron chi connectivity index (χ2n) is 4.80. The van der Waals surface area contributed by atoms with Crippen LogP contribution in [0.25, 0.3) is 5.65 Å². The summed E-state index contributed by atoms with van der Waals surface area (Å²) < 4.78 is 15.4. The summed E-state index contributed by atoms with van der Waals surface area (Å²) >= 11 is 0. The second kappa shape index (κ2) is 5.35. The molecule has 0 atom stereocenters. The van der Waals surface area contributed by atoms with E-state index in [1.165, 1.54) is 4.40 Å². The highest BCUT2D eigenvalue weighted by Gasteiger charge is 2.18. The number of fused-ring (bicyclic) bond motifs is 1. The Morgan fingerprint density at radius 1 is 1.52 bits per heavy atom. The number of halogens is 1. The van der Waals surface area contributed by atoms with E-state index in [0.717, 1.165) is 11.1 Å². The maximum Gasteiger partial charge on any atom is 0.274 e. The number of nitrogens with one attached hydrogen (secondary N) is 2. The molecule has 2 N–H and O–H groups in total. The fourth-order valence-electron chi connectivity index (χ4n) is 2.08. The van der Waals surface area contributed by atoms with Gasteiger partial charge >= 0.3 is 0 Å². The SMILES string of the molecule is Cc1ccn2c(F)c(C(=O)NCCc3cn[nH]c3)nc2c1. The minimum absolute atomic E-state index is 0.187. The predicted molar refractivity (Wildman–Crippen MR) is 74.5 cm³/mol. The van der Waals surface area contributed by atoms with Gasteiger partial charge in [-0.3, -0.25) is 14.3 Å². The smallest absolute Gasteiger partial charge is 0.274 e. The third kappa shape index (κ3) is 2.62. The Labute approximate surface area is 120 Å². The van der Waals surface area contributed by atoms with Gasteiger partial charge in [-0.1, -0.05) is 0 Å². The fraction of sp³-hybridized carbons (Fsp3) is 0.214. The van der Waals surface area contributed by atoms with Crippen LogP contribution in [0.1, 0.15) is 21.6 Å². The number of rotatable bonds is 4. The van der Waals surface area contributed by atoms with Crippen LogP contribution in [0.15, 0.2) is 30.7 Å². The van der Waals surface area contributed by atoms with E-state index < -0.39 is 11.9 Å². The number of carbonyl (C=O) groups excluding carboxylic acids is 1. The molecule has 0 spiro atoms. The van der Waals surface area contributed by atoms with Gasteiger partial charge in [0.25, 0.3) is 5.91 Å². The maximum atomic E-state index is 14.1. The zero-order chi connectivity index (χ0) is 14.8. The number of nitrogens with zero attached hydrogens (tertiary/aromatic N) is 3. The number of aryl methyl sites for hydroxylation is 1. The predicted octanol–water partition coefficient (Wildman–Crippen LogP) is 1.48. The number of pyridine rings is 1. The molecule has 108 valence electrons. The number of hydrogen-bond donors (Lipinski definition) is 2. The van der Waals surface area contributed by atoms with Crippen molar-refractivity contribution in [3.63, 3.8) is 0 Å². The number of H-pyrrole nitrogens is 1. The zero-order valence-corrected chi connectivity index (χ0v) is 11.4. The summed E-state index contributed by atoms with van der Waals surface area (Å²) in [6.07, 6.45) is 5.62. The lowest BCUT2D eigenvalue weighted by molar-refractivity contribution is 0.0945. The molecule has 0 fully saturated rings. The molecule has 0 aliphatic carbocycles. The van der Waals surface area contributed by atoms with Crippen LogP contribution < -0.4 is 5.32 Å². The van der Waals surface area contributed by atoms with E-state index in [4.69, 9.17) is 0 Å². The fourth-order valence-corrected chi connectivity index (χ4v) is 2.08. The van der Waals surface area contributed by atoms with Gasteiger partial charge in [0, 0.05) is 18.9 Å². The summed E-state index contributed by atoms with van der Waals surface area (Å²) in [4.78, 5) is 16.0. The Hall–Kier alpha value is -2.70. The minimum Gasteiger partial charge on any atom is -0.350 e. The molecule has 0 radical (unpaired) electrons. The van der Waals surface area contributed by atoms with Gasteiger partial charge in [0.1, 0.15) is 5.65 Å². The summed E-state index contributed by atoms with van der Waals surface area (Å²) in [5.74, 6) is -1.16. The molecular weight excluding hydrogens is 273 g/mol. The van der Waals surface area contributed by atoms with Crippen molar-refractivity contribution in [1.29, 1.82) is 0 Å². The summed E-state index contributed by atoms with van der Waals surface area (Å²) in [6.45, 7) is 2.28. The zero-order valence-electron chi connectivity index (χ0n) is 11.4. The number of carbonyl (C=O) groups is 1. The molecule has 0 aliphatic heterocycles. The Bertz CT molecular complexity index is 778. The van der Waals surface area contributed by atoms with Crippen LogP contribution in [0.3, 0.4) is 0 Å². The number of hydrogen-bond acceptors (Lipinski definition) is 3. The van der Waals surface area contributed by atoms with Crippen molar-refractivity contribution >= 4 is 11.6 Å². The van der Waals surface area contributed by atoms with E-state index in [1.807, 2.05) is 6.92 Å². The molecule has 3 aromatic rings. The quantitative estimate of drug-likeness (QED) is 0.763. The highest BCUT2D eigenvalue weighted by atomic mass is 19.1. The van der Waals surface area contributed by atoms with Crippen LogP contribution >= 0.6 is 0 Å². The third-order valence-electron chi connectivity index (χ3n) is 3.19. The van der Waals surface area contributed by atoms with E-state index in [9.17, 15) is 9.18 Å².